The first-order valence-corrected chi connectivity index (χ1v) is 11.2. The Hall–Kier alpha value is -2.96. The molecule has 0 radical (unpaired) electrons. The van der Waals surface area contributed by atoms with Crippen LogP contribution in [-0.4, -0.2) is 27.1 Å². The lowest BCUT2D eigenvalue weighted by atomic mass is 9.99. The van der Waals surface area contributed by atoms with Gasteiger partial charge in [0.2, 0.25) is 5.91 Å². The number of benzene rings is 3. The monoisotopic (exact) mass is 408 g/mol. The molecule has 0 saturated heterocycles. The van der Waals surface area contributed by atoms with Crippen LogP contribution in [0.3, 0.4) is 0 Å². The third-order valence-electron chi connectivity index (χ3n) is 4.56. The predicted molar refractivity (Wildman–Crippen MR) is 116 cm³/mol. The topological polar surface area (TPSA) is 75.3 Å². The van der Waals surface area contributed by atoms with Crippen molar-refractivity contribution in [3.8, 4) is 0 Å². The highest BCUT2D eigenvalue weighted by Gasteiger charge is 2.14. The van der Waals surface area contributed by atoms with Gasteiger partial charge in [0.05, 0.1) is 11.4 Å². The van der Waals surface area contributed by atoms with Crippen molar-refractivity contribution in [1.82, 2.24) is 5.32 Å². The lowest BCUT2D eigenvalue weighted by Gasteiger charge is -2.19. The second kappa shape index (κ2) is 9.49. The first-order valence-electron chi connectivity index (χ1n) is 9.34. The summed E-state index contributed by atoms with van der Waals surface area (Å²) in [6.45, 7) is 0.139. The van der Waals surface area contributed by atoms with Gasteiger partial charge < -0.3 is 10.6 Å². The molecule has 0 aliphatic rings. The van der Waals surface area contributed by atoms with Gasteiger partial charge in [-0.1, -0.05) is 60.7 Å². The smallest absolute Gasteiger partial charge is 0.238 e. The van der Waals surface area contributed by atoms with E-state index in [-0.39, 0.29) is 23.4 Å². The average molecular weight is 409 g/mol. The van der Waals surface area contributed by atoms with E-state index in [1.165, 1.54) is 17.7 Å². The van der Waals surface area contributed by atoms with Crippen LogP contribution >= 0.6 is 0 Å². The van der Waals surface area contributed by atoms with E-state index in [0.717, 1.165) is 18.2 Å². The number of nitrogens with one attached hydrogen (secondary N) is 2. The molecule has 1 atom stereocenters. The van der Waals surface area contributed by atoms with E-state index in [0.29, 0.717) is 5.69 Å². The number of carbonyl (C=O) groups is 1. The van der Waals surface area contributed by atoms with Crippen molar-refractivity contribution in [3.05, 3.63) is 96.1 Å². The summed E-state index contributed by atoms with van der Waals surface area (Å²) in [5.74, 6) is -0.189. The Morgan fingerprint density at radius 3 is 2.03 bits per heavy atom. The highest BCUT2D eigenvalue weighted by molar-refractivity contribution is 7.90. The molecule has 3 aromatic carbocycles. The number of hydrogen-bond donors (Lipinski definition) is 2. The van der Waals surface area contributed by atoms with Crippen molar-refractivity contribution >= 4 is 21.4 Å². The maximum absolute atomic E-state index is 12.4. The molecule has 150 valence electrons. The van der Waals surface area contributed by atoms with Gasteiger partial charge in [-0.15, -0.1) is 0 Å². The lowest BCUT2D eigenvalue weighted by Crippen LogP contribution is -2.32. The zero-order valence-electron chi connectivity index (χ0n) is 16.2. The van der Waals surface area contributed by atoms with E-state index in [1.807, 2.05) is 48.5 Å². The van der Waals surface area contributed by atoms with Crippen LogP contribution in [0, 0.1) is 0 Å². The molecule has 3 rings (SSSR count). The van der Waals surface area contributed by atoms with Crippen LogP contribution in [0.4, 0.5) is 5.69 Å². The summed E-state index contributed by atoms with van der Waals surface area (Å²) in [6, 6.07) is 26.3. The van der Waals surface area contributed by atoms with Crippen molar-refractivity contribution in [1.29, 1.82) is 0 Å². The molecule has 0 saturated carbocycles. The largest absolute Gasteiger partial charge is 0.325 e. The Kier molecular flexibility index (Phi) is 6.80. The van der Waals surface area contributed by atoms with Crippen LogP contribution in [0.1, 0.15) is 17.2 Å². The molecule has 1 unspecified atom stereocenters. The summed E-state index contributed by atoms with van der Waals surface area (Å²) in [4.78, 5) is 12.6. The summed E-state index contributed by atoms with van der Waals surface area (Å²) in [6.07, 6.45) is 1.92. The highest BCUT2D eigenvalue weighted by atomic mass is 32.2. The maximum atomic E-state index is 12.4. The summed E-state index contributed by atoms with van der Waals surface area (Å²) in [5.41, 5.74) is 2.86. The van der Waals surface area contributed by atoms with E-state index in [1.54, 1.807) is 12.1 Å². The molecule has 0 aliphatic heterocycles. The normalized spacial score (nSPS) is 12.3. The third-order valence-corrected chi connectivity index (χ3v) is 5.69. The summed E-state index contributed by atoms with van der Waals surface area (Å²) in [5, 5.41) is 6.13. The summed E-state index contributed by atoms with van der Waals surface area (Å²) in [7, 11) is -3.25. The molecule has 0 heterocycles. The molecule has 6 heteroatoms. The Labute approximate surface area is 171 Å². The van der Waals surface area contributed by atoms with Gasteiger partial charge in [0, 0.05) is 18.0 Å². The molecule has 0 fully saturated rings. The second-order valence-electron chi connectivity index (χ2n) is 6.88. The van der Waals surface area contributed by atoms with Crippen molar-refractivity contribution in [2.75, 3.05) is 18.1 Å². The Morgan fingerprint density at radius 2 is 1.45 bits per heavy atom. The van der Waals surface area contributed by atoms with Gasteiger partial charge in [-0.3, -0.25) is 4.79 Å². The van der Waals surface area contributed by atoms with Gasteiger partial charge in [0.1, 0.15) is 0 Å². The number of rotatable bonds is 8. The summed E-state index contributed by atoms with van der Waals surface area (Å²) < 4.78 is 23.1. The molecule has 0 aliphatic carbocycles. The first kappa shape index (κ1) is 20.8. The number of anilines is 1. The molecule has 2 N–H and O–H groups in total. The molecular weight excluding hydrogens is 384 g/mol. The molecule has 0 spiro atoms. The van der Waals surface area contributed by atoms with Crippen molar-refractivity contribution in [3.63, 3.8) is 0 Å². The zero-order chi connectivity index (χ0) is 20.7. The van der Waals surface area contributed by atoms with E-state index >= 15 is 0 Å². The number of carbonyl (C=O) groups excluding carboxylic acids is 1. The van der Waals surface area contributed by atoms with Crippen molar-refractivity contribution < 1.29 is 13.2 Å². The quantitative estimate of drug-likeness (QED) is 0.597. The van der Waals surface area contributed by atoms with Gasteiger partial charge in [-0.05, 0) is 41.8 Å². The van der Waals surface area contributed by atoms with Crippen molar-refractivity contribution in [2.24, 2.45) is 0 Å². The van der Waals surface area contributed by atoms with E-state index < -0.39 is 9.84 Å². The molecule has 3 aromatic rings. The van der Waals surface area contributed by atoms with E-state index in [4.69, 9.17) is 0 Å². The zero-order valence-corrected chi connectivity index (χ0v) is 17.0. The fourth-order valence-corrected chi connectivity index (χ4v) is 3.68. The minimum absolute atomic E-state index is 0.00281. The Balaban J connectivity index is 1.63. The van der Waals surface area contributed by atoms with Crippen LogP contribution in [0.25, 0.3) is 0 Å². The van der Waals surface area contributed by atoms with Gasteiger partial charge in [0.15, 0.2) is 9.84 Å². The van der Waals surface area contributed by atoms with E-state index in [9.17, 15) is 13.2 Å². The number of hydrogen-bond acceptors (Lipinski definition) is 4. The molecule has 29 heavy (non-hydrogen) atoms. The van der Waals surface area contributed by atoms with Gasteiger partial charge in [-0.2, -0.15) is 0 Å². The lowest BCUT2D eigenvalue weighted by molar-refractivity contribution is -0.115. The standard InChI is InChI=1S/C23H24N2O3S/c1-29(27,28)21-14-12-20(13-15-21)25-23(26)17-24-22(19-10-6-3-7-11-19)16-18-8-4-2-5-9-18/h2-15,22,24H,16-17H2,1H3,(H,25,26). The average Bonchev–Trinajstić information content (AvgIpc) is 2.72. The maximum Gasteiger partial charge on any atom is 0.238 e. The minimum atomic E-state index is -3.25. The van der Waals surface area contributed by atoms with Crippen LogP contribution in [0.15, 0.2) is 89.8 Å². The van der Waals surface area contributed by atoms with Crippen LogP contribution in [0.5, 0.6) is 0 Å². The van der Waals surface area contributed by atoms with Crippen molar-refractivity contribution in [2.45, 2.75) is 17.4 Å². The third kappa shape index (κ3) is 6.27. The molecular formula is C23H24N2O3S. The molecule has 0 bridgehead atoms. The minimum Gasteiger partial charge on any atom is -0.325 e. The second-order valence-corrected chi connectivity index (χ2v) is 8.89. The Bertz CT molecular complexity index is 1030. The predicted octanol–water partition coefficient (Wildman–Crippen LogP) is 3.60. The van der Waals surface area contributed by atoms with E-state index in [2.05, 4.69) is 22.8 Å². The fraction of sp³-hybridized carbons (Fsp3) is 0.174. The first-order chi connectivity index (χ1) is 13.9. The van der Waals surface area contributed by atoms with Gasteiger partial charge in [-0.25, -0.2) is 8.42 Å². The number of sulfone groups is 1. The van der Waals surface area contributed by atoms with Crippen LogP contribution in [0.2, 0.25) is 0 Å². The Morgan fingerprint density at radius 1 is 0.862 bits per heavy atom. The molecule has 5 nitrogen and oxygen atoms in total. The molecule has 1 amide bonds. The van der Waals surface area contributed by atoms with Gasteiger partial charge >= 0.3 is 0 Å². The van der Waals surface area contributed by atoms with Gasteiger partial charge in [0.25, 0.3) is 0 Å². The van der Waals surface area contributed by atoms with Crippen LogP contribution in [-0.2, 0) is 21.1 Å². The summed E-state index contributed by atoms with van der Waals surface area (Å²) >= 11 is 0. The number of amides is 1. The molecule has 0 aromatic heterocycles. The highest BCUT2D eigenvalue weighted by Crippen LogP contribution is 2.18. The van der Waals surface area contributed by atoms with Crippen LogP contribution < -0.4 is 10.6 Å². The fourth-order valence-electron chi connectivity index (χ4n) is 3.05. The SMILES string of the molecule is CS(=O)(=O)c1ccc(NC(=O)CNC(Cc2ccccc2)c2ccccc2)cc1.